The van der Waals surface area contributed by atoms with E-state index in [9.17, 15) is 13.2 Å². The molecule has 98 valence electrons. The summed E-state index contributed by atoms with van der Waals surface area (Å²) in [6, 6.07) is 1.61. The first-order valence-corrected chi connectivity index (χ1v) is 7.24. The zero-order valence-electron chi connectivity index (χ0n) is 8.78. The van der Waals surface area contributed by atoms with Gasteiger partial charge in [-0.25, -0.2) is 0 Å². The van der Waals surface area contributed by atoms with E-state index in [0.717, 1.165) is 5.56 Å². The van der Waals surface area contributed by atoms with Crippen LogP contribution in [0.5, 0.6) is 0 Å². The largest absolute Gasteiger partial charge is 0.441 e. The van der Waals surface area contributed by atoms with E-state index in [2.05, 4.69) is 5.32 Å². The average Bonchev–Trinajstić information content (AvgIpc) is 2.51. The number of nitrogens with one attached hydrogen (secondary N) is 1. The predicted octanol–water partition coefficient (Wildman–Crippen LogP) is 4.96. The van der Waals surface area contributed by atoms with Gasteiger partial charge < -0.3 is 5.32 Å². The van der Waals surface area contributed by atoms with E-state index in [1.54, 1.807) is 6.07 Å². The third-order valence-electron chi connectivity index (χ3n) is 1.97. The maximum Gasteiger partial charge on any atom is 0.441 e. The first kappa shape index (κ1) is 15.4. The normalized spacial score (nSPS) is 14.0. The Morgan fingerprint density at radius 1 is 1.47 bits per heavy atom. The van der Waals surface area contributed by atoms with Gasteiger partial charge in [-0.15, -0.1) is 11.3 Å². The second kappa shape index (κ2) is 6.52. The van der Waals surface area contributed by atoms with E-state index in [1.807, 2.05) is 6.92 Å². The fourth-order valence-corrected chi connectivity index (χ4v) is 3.30. The minimum atomic E-state index is -4.17. The fraction of sp³-hybridized carbons (Fsp3) is 0.556. The molecule has 1 atom stereocenters. The molecule has 1 N–H and O–H groups in total. The van der Waals surface area contributed by atoms with Gasteiger partial charge in [0, 0.05) is 18.3 Å². The maximum atomic E-state index is 11.9. The van der Waals surface area contributed by atoms with Crippen LogP contribution in [0.25, 0.3) is 0 Å². The van der Waals surface area contributed by atoms with Crippen molar-refractivity contribution in [3.8, 4) is 0 Å². The van der Waals surface area contributed by atoms with Gasteiger partial charge >= 0.3 is 5.51 Å². The Hall–Kier alpha value is 0.380. The summed E-state index contributed by atoms with van der Waals surface area (Å²) < 4.78 is 36.7. The van der Waals surface area contributed by atoms with E-state index in [0.29, 0.717) is 8.67 Å². The molecular formula is C9H10Cl2F3NS2. The van der Waals surface area contributed by atoms with Crippen LogP contribution in [0.1, 0.15) is 18.5 Å². The molecule has 1 aromatic rings. The monoisotopic (exact) mass is 323 g/mol. The predicted molar refractivity (Wildman–Crippen MR) is 69.3 cm³/mol. The zero-order valence-corrected chi connectivity index (χ0v) is 11.9. The lowest BCUT2D eigenvalue weighted by molar-refractivity contribution is -0.0327. The first-order chi connectivity index (χ1) is 7.79. The van der Waals surface area contributed by atoms with Gasteiger partial charge in [0.25, 0.3) is 0 Å². The number of hydrogen-bond donors (Lipinski definition) is 1. The van der Waals surface area contributed by atoms with Crippen LogP contribution in [-0.2, 0) is 0 Å². The van der Waals surface area contributed by atoms with Crippen LogP contribution < -0.4 is 5.32 Å². The van der Waals surface area contributed by atoms with Crippen molar-refractivity contribution in [3.63, 3.8) is 0 Å². The van der Waals surface area contributed by atoms with Crippen molar-refractivity contribution in [1.29, 1.82) is 0 Å². The van der Waals surface area contributed by atoms with Crippen molar-refractivity contribution in [3.05, 3.63) is 20.3 Å². The molecule has 0 bridgehead atoms. The molecule has 1 nitrogen and oxygen atoms in total. The average molecular weight is 324 g/mol. The molecule has 8 heteroatoms. The van der Waals surface area contributed by atoms with E-state index in [4.69, 9.17) is 23.2 Å². The SMILES string of the molecule is CC(NCCSC(F)(F)F)c1cc(Cl)sc1Cl. The Kier molecular flexibility index (Phi) is 5.92. The Balaban J connectivity index is 2.35. The van der Waals surface area contributed by atoms with Crippen LogP contribution in [0.3, 0.4) is 0 Å². The van der Waals surface area contributed by atoms with Crippen LogP contribution in [0.4, 0.5) is 13.2 Å². The second-order valence-electron chi connectivity index (χ2n) is 3.25. The third kappa shape index (κ3) is 5.70. The molecule has 17 heavy (non-hydrogen) atoms. The van der Waals surface area contributed by atoms with Crippen LogP contribution in [0, 0.1) is 0 Å². The number of thiophene rings is 1. The molecule has 0 aliphatic carbocycles. The first-order valence-electron chi connectivity index (χ1n) is 4.68. The van der Waals surface area contributed by atoms with Gasteiger partial charge in [0.2, 0.25) is 0 Å². The van der Waals surface area contributed by atoms with E-state index in [1.165, 1.54) is 11.3 Å². The minimum absolute atomic E-state index is 0.0245. The Morgan fingerprint density at radius 2 is 2.12 bits per heavy atom. The van der Waals surface area contributed by atoms with Gasteiger partial charge in [-0.2, -0.15) is 13.2 Å². The topological polar surface area (TPSA) is 12.0 Å². The Morgan fingerprint density at radius 3 is 2.59 bits per heavy atom. The summed E-state index contributed by atoms with van der Waals surface area (Å²) in [6.07, 6.45) is 0. The molecule has 0 aromatic carbocycles. The van der Waals surface area contributed by atoms with Crippen LogP contribution in [-0.4, -0.2) is 17.8 Å². The zero-order chi connectivity index (χ0) is 13.1. The molecule has 1 rings (SSSR count). The van der Waals surface area contributed by atoms with Gasteiger partial charge in [-0.1, -0.05) is 23.2 Å². The molecule has 0 amide bonds. The summed E-state index contributed by atoms with van der Waals surface area (Å²) in [5.74, 6) is -0.0245. The molecule has 0 spiro atoms. The minimum Gasteiger partial charge on any atom is -0.309 e. The van der Waals surface area contributed by atoms with Gasteiger partial charge in [-0.3, -0.25) is 0 Å². The summed E-state index contributed by atoms with van der Waals surface area (Å²) in [5.41, 5.74) is -3.35. The lowest BCUT2D eigenvalue weighted by Gasteiger charge is -2.13. The van der Waals surface area contributed by atoms with Crippen molar-refractivity contribution in [2.75, 3.05) is 12.3 Å². The van der Waals surface area contributed by atoms with E-state index < -0.39 is 5.51 Å². The highest BCUT2D eigenvalue weighted by molar-refractivity contribution is 8.00. The summed E-state index contributed by atoms with van der Waals surface area (Å²) >= 11 is 12.9. The number of thioether (sulfide) groups is 1. The number of alkyl halides is 3. The highest BCUT2D eigenvalue weighted by Crippen LogP contribution is 2.35. The molecule has 0 aliphatic rings. The van der Waals surface area contributed by atoms with Gasteiger partial charge in [0.1, 0.15) is 0 Å². The number of rotatable bonds is 5. The molecule has 0 saturated heterocycles. The highest BCUT2D eigenvalue weighted by Gasteiger charge is 2.27. The molecule has 0 aliphatic heterocycles. The highest BCUT2D eigenvalue weighted by atomic mass is 35.5. The lowest BCUT2D eigenvalue weighted by atomic mass is 10.2. The Labute approximate surface area is 116 Å². The van der Waals surface area contributed by atoms with Crippen LogP contribution in [0.15, 0.2) is 6.07 Å². The molecule has 0 saturated carbocycles. The summed E-state index contributed by atoms with van der Waals surface area (Å²) in [4.78, 5) is 0. The van der Waals surface area contributed by atoms with Gasteiger partial charge in [0.15, 0.2) is 0 Å². The summed E-state index contributed by atoms with van der Waals surface area (Å²) in [5, 5.41) is 2.97. The second-order valence-corrected chi connectivity index (χ2v) is 6.69. The smallest absolute Gasteiger partial charge is 0.309 e. The molecule has 0 radical (unpaired) electrons. The van der Waals surface area contributed by atoms with Crippen molar-refractivity contribution in [2.24, 2.45) is 0 Å². The Bertz CT molecular complexity index is 368. The molecular weight excluding hydrogens is 314 g/mol. The third-order valence-corrected chi connectivity index (χ3v) is 4.22. The summed E-state index contributed by atoms with van der Waals surface area (Å²) in [7, 11) is 0. The van der Waals surface area contributed by atoms with Crippen molar-refractivity contribution in [2.45, 2.75) is 18.5 Å². The maximum absolute atomic E-state index is 11.9. The van der Waals surface area contributed by atoms with Gasteiger partial charge in [-0.05, 0) is 30.3 Å². The van der Waals surface area contributed by atoms with Gasteiger partial charge in [0.05, 0.1) is 8.67 Å². The quantitative estimate of drug-likeness (QED) is 0.769. The van der Waals surface area contributed by atoms with Crippen molar-refractivity contribution >= 4 is 46.3 Å². The van der Waals surface area contributed by atoms with Crippen LogP contribution in [0.2, 0.25) is 8.67 Å². The molecule has 1 aromatic heterocycles. The van der Waals surface area contributed by atoms with Crippen LogP contribution >= 0.6 is 46.3 Å². The fourth-order valence-electron chi connectivity index (χ4n) is 1.20. The molecule has 1 heterocycles. The van der Waals surface area contributed by atoms with Crippen molar-refractivity contribution in [1.82, 2.24) is 5.32 Å². The standard InChI is InChI=1S/C9H10Cl2F3NS2/c1-5(6-4-7(10)17-8(6)11)15-2-3-16-9(12,13)14/h4-5,15H,2-3H2,1H3. The molecule has 0 fully saturated rings. The van der Waals surface area contributed by atoms with E-state index >= 15 is 0 Å². The summed E-state index contributed by atoms with van der Waals surface area (Å²) in [6.45, 7) is 2.09. The van der Waals surface area contributed by atoms with Crippen molar-refractivity contribution < 1.29 is 13.2 Å². The lowest BCUT2D eigenvalue weighted by Crippen LogP contribution is -2.22. The van der Waals surface area contributed by atoms with E-state index in [-0.39, 0.29) is 30.1 Å². The molecule has 1 unspecified atom stereocenters. The number of hydrogen-bond acceptors (Lipinski definition) is 3. The number of halogens is 5.